The smallest absolute Gasteiger partial charge is 0.286 e. The van der Waals surface area contributed by atoms with Gasteiger partial charge in [0.25, 0.3) is 5.91 Å². The van der Waals surface area contributed by atoms with Gasteiger partial charge in [0.05, 0.1) is 30.7 Å². The molecule has 1 N–H and O–H groups in total. The van der Waals surface area contributed by atoms with E-state index in [9.17, 15) is 9.59 Å². The van der Waals surface area contributed by atoms with Gasteiger partial charge in [0.2, 0.25) is 0 Å². The molecule has 0 saturated carbocycles. The van der Waals surface area contributed by atoms with Crippen molar-refractivity contribution in [1.29, 1.82) is 0 Å². The fraction of sp³-hybridized carbons (Fsp3) is 0.458. The van der Waals surface area contributed by atoms with Gasteiger partial charge in [-0.2, -0.15) is 5.10 Å². The quantitative estimate of drug-likeness (QED) is 0.812. The van der Waals surface area contributed by atoms with Crippen LogP contribution >= 0.6 is 0 Å². The minimum atomic E-state index is -0.686. The van der Waals surface area contributed by atoms with Crippen LogP contribution in [0.3, 0.4) is 0 Å². The summed E-state index contributed by atoms with van der Waals surface area (Å²) in [6, 6.07) is 7.53. The van der Waals surface area contributed by atoms with Crippen molar-refractivity contribution >= 4 is 11.7 Å². The number of methoxy groups -OCH3 is 1. The molecule has 164 valence electrons. The summed E-state index contributed by atoms with van der Waals surface area (Å²) in [5.74, 6) is 0.396. The van der Waals surface area contributed by atoms with Crippen molar-refractivity contribution in [3.63, 3.8) is 0 Å². The number of hydrogen-bond acceptors (Lipinski definition) is 5. The molecule has 1 amide bonds. The van der Waals surface area contributed by atoms with E-state index in [4.69, 9.17) is 9.47 Å². The maximum absolute atomic E-state index is 13.0. The van der Waals surface area contributed by atoms with Crippen LogP contribution in [0, 0.1) is 5.41 Å². The van der Waals surface area contributed by atoms with Crippen molar-refractivity contribution in [2.45, 2.75) is 58.6 Å². The minimum absolute atomic E-state index is 0.0356. The second-order valence-electron chi connectivity index (χ2n) is 9.74. The maximum atomic E-state index is 13.0. The lowest BCUT2D eigenvalue weighted by molar-refractivity contribution is -0.131. The van der Waals surface area contributed by atoms with Gasteiger partial charge in [-0.3, -0.25) is 9.59 Å². The highest BCUT2D eigenvalue weighted by Crippen LogP contribution is 2.41. The fourth-order valence-electron chi connectivity index (χ4n) is 4.44. The predicted octanol–water partition coefficient (Wildman–Crippen LogP) is 3.66. The van der Waals surface area contributed by atoms with Crippen LogP contribution in [0.15, 0.2) is 42.3 Å². The third kappa shape index (κ3) is 4.36. The number of rotatable bonds is 4. The normalized spacial score (nSPS) is 21.5. The molecular weight excluding hydrogens is 394 g/mol. The Balaban J connectivity index is 1.63. The number of hydrogen-bond donors (Lipinski definition) is 1. The molecule has 0 saturated heterocycles. The Kier molecular flexibility index (Phi) is 5.15. The topological polar surface area (TPSA) is 82.5 Å². The molecule has 1 atom stereocenters. The lowest BCUT2D eigenvalue weighted by Gasteiger charge is -2.36. The molecule has 1 aliphatic carbocycles. The minimum Gasteiger partial charge on any atom is -0.497 e. The Morgan fingerprint density at radius 1 is 1.19 bits per heavy atom. The third-order valence-electron chi connectivity index (χ3n) is 5.80. The molecule has 31 heavy (non-hydrogen) atoms. The monoisotopic (exact) mass is 423 g/mol. The highest BCUT2D eigenvalue weighted by atomic mass is 16.5. The van der Waals surface area contributed by atoms with E-state index in [-0.39, 0.29) is 35.3 Å². The first-order valence-corrected chi connectivity index (χ1v) is 10.5. The fourth-order valence-corrected chi connectivity index (χ4v) is 4.44. The Morgan fingerprint density at radius 3 is 2.55 bits per heavy atom. The van der Waals surface area contributed by atoms with Gasteiger partial charge in [0.15, 0.2) is 11.5 Å². The lowest BCUT2D eigenvalue weighted by atomic mass is 9.74. The summed E-state index contributed by atoms with van der Waals surface area (Å²) in [5.41, 5.74) is 2.28. The number of carbonyl (C=O) groups excluding carboxylic acids is 2. The number of amides is 1. The van der Waals surface area contributed by atoms with Crippen LogP contribution in [-0.4, -0.2) is 34.2 Å². The number of fused-ring (bicyclic) bond motifs is 1. The standard InChI is InChI=1S/C24H29N3O4/c1-23(2)12-19(26-22(29)21-10-16(28)11-24(3,4)31-21)18-14-25-27(20(18)13-23)15-6-8-17(30-5)9-7-15/h6-10,14,19H,11-13H2,1-5H3,(H,26,29)/t19-/m1/s1. The van der Waals surface area contributed by atoms with E-state index >= 15 is 0 Å². The summed E-state index contributed by atoms with van der Waals surface area (Å²) in [5, 5.41) is 7.70. The van der Waals surface area contributed by atoms with Gasteiger partial charge in [-0.1, -0.05) is 13.8 Å². The molecule has 0 bridgehead atoms. The molecule has 2 aliphatic rings. The zero-order valence-electron chi connectivity index (χ0n) is 18.7. The molecular formula is C24H29N3O4. The van der Waals surface area contributed by atoms with Gasteiger partial charge in [0, 0.05) is 18.1 Å². The third-order valence-corrected chi connectivity index (χ3v) is 5.80. The molecule has 2 heterocycles. The van der Waals surface area contributed by atoms with Gasteiger partial charge in [-0.15, -0.1) is 0 Å². The van der Waals surface area contributed by atoms with Gasteiger partial charge >= 0.3 is 0 Å². The summed E-state index contributed by atoms with van der Waals surface area (Å²) in [4.78, 5) is 25.0. The number of allylic oxidation sites excluding steroid dienone is 1. The van der Waals surface area contributed by atoms with Crippen molar-refractivity contribution in [2.75, 3.05) is 7.11 Å². The average molecular weight is 424 g/mol. The van der Waals surface area contributed by atoms with E-state index in [1.165, 1.54) is 6.08 Å². The largest absolute Gasteiger partial charge is 0.497 e. The average Bonchev–Trinajstić information content (AvgIpc) is 3.09. The molecule has 2 aromatic rings. The lowest BCUT2D eigenvalue weighted by Crippen LogP contribution is -2.41. The number of ether oxygens (including phenoxy) is 2. The van der Waals surface area contributed by atoms with Crippen molar-refractivity contribution in [3.05, 3.63) is 53.6 Å². The second kappa shape index (κ2) is 7.55. The molecule has 0 radical (unpaired) electrons. The van der Waals surface area contributed by atoms with Crippen molar-refractivity contribution < 1.29 is 19.1 Å². The van der Waals surface area contributed by atoms with Crippen molar-refractivity contribution in [2.24, 2.45) is 5.41 Å². The van der Waals surface area contributed by atoms with Crippen LogP contribution in [0.2, 0.25) is 0 Å². The Labute approximate surface area is 182 Å². The van der Waals surface area contributed by atoms with E-state index in [1.54, 1.807) is 7.11 Å². The van der Waals surface area contributed by atoms with Gasteiger partial charge < -0.3 is 14.8 Å². The van der Waals surface area contributed by atoms with Crippen LogP contribution in [0.5, 0.6) is 5.75 Å². The molecule has 4 rings (SSSR count). The second-order valence-corrected chi connectivity index (χ2v) is 9.74. The highest BCUT2D eigenvalue weighted by molar-refractivity contribution is 6.01. The summed E-state index contributed by atoms with van der Waals surface area (Å²) < 4.78 is 13.0. The number of ketones is 1. The van der Waals surface area contributed by atoms with Crippen LogP contribution in [0.1, 0.15) is 57.8 Å². The van der Waals surface area contributed by atoms with Crippen LogP contribution < -0.4 is 10.1 Å². The summed E-state index contributed by atoms with van der Waals surface area (Å²) in [6.07, 6.45) is 5.00. The molecule has 0 fully saturated rings. The molecule has 1 aromatic carbocycles. The van der Waals surface area contributed by atoms with E-state index < -0.39 is 5.60 Å². The molecule has 1 aliphatic heterocycles. The van der Waals surface area contributed by atoms with Gasteiger partial charge in [0.1, 0.15) is 11.4 Å². The summed E-state index contributed by atoms with van der Waals surface area (Å²) in [6.45, 7) is 7.99. The van der Waals surface area contributed by atoms with Crippen LogP contribution in [0.25, 0.3) is 5.69 Å². The van der Waals surface area contributed by atoms with E-state index in [0.29, 0.717) is 0 Å². The molecule has 0 unspecified atom stereocenters. The van der Waals surface area contributed by atoms with E-state index in [0.717, 1.165) is 35.5 Å². The SMILES string of the molecule is COc1ccc(-n2ncc3c2CC(C)(C)C[C@H]3NC(=O)C2=CC(=O)CC(C)(C)O2)cc1. The molecule has 1 aromatic heterocycles. The first-order chi connectivity index (χ1) is 14.6. The summed E-state index contributed by atoms with van der Waals surface area (Å²) >= 11 is 0. The molecule has 0 spiro atoms. The highest BCUT2D eigenvalue weighted by Gasteiger charge is 2.38. The Hall–Kier alpha value is -3.09. The molecule has 7 nitrogen and oxygen atoms in total. The van der Waals surface area contributed by atoms with E-state index in [2.05, 4.69) is 24.3 Å². The zero-order chi connectivity index (χ0) is 22.4. The Bertz CT molecular complexity index is 1050. The number of nitrogens with one attached hydrogen (secondary N) is 1. The molecule has 7 heteroatoms. The van der Waals surface area contributed by atoms with Gasteiger partial charge in [-0.05, 0) is 56.4 Å². The van der Waals surface area contributed by atoms with Crippen molar-refractivity contribution in [3.8, 4) is 11.4 Å². The van der Waals surface area contributed by atoms with Crippen LogP contribution in [-0.2, 0) is 20.7 Å². The maximum Gasteiger partial charge on any atom is 0.286 e. The number of carbonyl (C=O) groups is 2. The van der Waals surface area contributed by atoms with Gasteiger partial charge in [-0.25, -0.2) is 4.68 Å². The number of benzene rings is 1. The zero-order valence-corrected chi connectivity index (χ0v) is 18.7. The summed E-state index contributed by atoms with van der Waals surface area (Å²) in [7, 11) is 1.64. The first kappa shape index (κ1) is 21.2. The number of nitrogens with zero attached hydrogens (tertiary/aromatic N) is 2. The van der Waals surface area contributed by atoms with Crippen LogP contribution in [0.4, 0.5) is 0 Å². The number of aromatic nitrogens is 2. The first-order valence-electron chi connectivity index (χ1n) is 10.5. The Morgan fingerprint density at radius 2 is 1.90 bits per heavy atom. The van der Waals surface area contributed by atoms with E-state index in [1.807, 2.05) is 49.0 Å². The van der Waals surface area contributed by atoms with Crippen molar-refractivity contribution in [1.82, 2.24) is 15.1 Å². The predicted molar refractivity (Wildman–Crippen MR) is 116 cm³/mol.